The lowest BCUT2D eigenvalue weighted by Gasteiger charge is -2.42. The Bertz CT molecular complexity index is 303. The van der Waals surface area contributed by atoms with Crippen LogP contribution in [0.1, 0.15) is 71.6 Å². The standard InChI is InChI=1S/C16H28N2/c1-16(2)11-7-6-10-15(16)18-14-9-5-3-4-8-13(14)12-17/h13-15,18H,3-11H2,1-2H3. The molecule has 0 aliphatic heterocycles. The first-order valence-electron chi connectivity index (χ1n) is 7.79. The molecule has 3 atom stereocenters. The molecule has 102 valence electrons. The summed E-state index contributed by atoms with van der Waals surface area (Å²) in [4.78, 5) is 0. The van der Waals surface area contributed by atoms with E-state index >= 15 is 0 Å². The van der Waals surface area contributed by atoms with Crippen LogP contribution < -0.4 is 5.32 Å². The van der Waals surface area contributed by atoms with Crippen molar-refractivity contribution < 1.29 is 0 Å². The number of rotatable bonds is 2. The molecule has 0 bridgehead atoms. The van der Waals surface area contributed by atoms with Crippen molar-refractivity contribution >= 4 is 0 Å². The SMILES string of the molecule is CC1(C)CCCCC1NC1CCCCCC1C#N. The van der Waals surface area contributed by atoms with E-state index in [9.17, 15) is 5.26 Å². The van der Waals surface area contributed by atoms with Crippen LogP contribution in [0.2, 0.25) is 0 Å². The van der Waals surface area contributed by atoms with Gasteiger partial charge in [-0.1, -0.05) is 46.0 Å². The summed E-state index contributed by atoms with van der Waals surface area (Å²) in [5.41, 5.74) is 0.407. The van der Waals surface area contributed by atoms with Gasteiger partial charge in [0.1, 0.15) is 0 Å². The summed E-state index contributed by atoms with van der Waals surface area (Å²) in [7, 11) is 0. The molecule has 0 aromatic rings. The van der Waals surface area contributed by atoms with Gasteiger partial charge in [0.05, 0.1) is 12.0 Å². The van der Waals surface area contributed by atoms with Gasteiger partial charge in [0.15, 0.2) is 0 Å². The van der Waals surface area contributed by atoms with Crippen LogP contribution in [0.5, 0.6) is 0 Å². The van der Waals surface area contributed by atoms with Gasteiger partial charge < -0.3 is 5.32 Å². The topological polar surface area (TPSA) is 35.8 Å². The van der Waals surface area contributed by atoms with Crippen molar-refractivity contribution in [2.75, 3.05) is 0 Å². The monoisotopic (exact) mass is 248 g/mol. The Morgan fingerprint density at radius 1 is 1.00 bits per heavy atom. The Morgan fingerprint density at radius 2 is 1.72 bits per heavy atom. The van der Waals surface area contributed by atoms with E-state index in [0.29, 0.717) is 17.5 Å². The highest BCUT2D eigenvalue weighted by Gasteiger charge is 2.35. The summed E-state index contributed by atoms with van der Waals surface area (Å²) in [6.07, 6.45) is 11.5. The van der Waals surface area contributed by atoms with Gasteiger partial charge in [-0.15, -0.1) is 0 Å². The van der Waals surface area contributed by atoms with Crippen LogP contribution in [0, 0.1) is 22.7 Å². The first-order valence-corrected chi connectivity index (χ1v) is 7.79. The zero-order chi connectivity index (χ0) is 13.0. The molecule has 3 unspecified atom stereocenters. The van der Waals surface area contributed by atoms with Crippen molar-refractivity contribution in [2.45, 2.75) is 83.7 Å². The third kappa shape index (κ3) is 3.26. The normalized spacial score (nSPS) is 36.6. The smallest absolute Gasteiger partial charge is 0.0672 e. The molecular formula is C16H28N2. The average molecular weight is 248 g/mol. The van der Waals surface area contributed by atoms with E-state index in [-0.39, 0.29) is 5.92 Å². The zero-order valence-corrected chi connectivity index (χ0v) is 12.0. The quantitative estimate of drug-likeness (QED) is 0.749. The van der Waals surface area contributed by atoms with Gasteiger partial charge in [0, 0.05) is 12.1 Å². The summed E-state index contributed by atoms with van der Waals surface area (Å²) in [5, 5.41) is 13.2. The Balaban J connectivity index is 1.99. The predicted molar refractivity (Wildman–Crippen MR) is 75.1 cm³/mol. The number of hydrogen-bond donors (Lipinski definition) is 1. The summed E-state index contributed by atoms with van der Waals surface area (Å²) < 4.78 is 0. The third-order valence-electron chi connectivity index (χ3n) is 5.10. The van der Waals surface area contributed by atoms with Crippen molar-refractivity contribution in [3.8, 4) is 6.07 Å². The minimum Gasteiger partial charge on any atom is -0.309 e. The zero-order valence-electron chi connectivity index (χ0n) is 12.0. The third-order valence-corrected chi connectivity index (χ3v) is 5.10. The van der Waals surface area contributed by atoms with E-state index in [4.69, 9.17) is 0 Å². The molecule has 0 aromatic heterocycles. The molecule has 2 rings (SSSR count). The number of hydrogen-bond acceptors (Lipinski definition) is 2. The van der Waals surface area contributed by atoms with E-state index in [0.717, 1.165) is 6.42 Å². The van der Waals surface area contributed by atoms with Crippen LogP contribution in [0.3, 0.4) is 0 Å². The van der Waals surface area contributed by atoms with Crippen LogP contribution >= 0.6 is 0 Å². The lowest BCUT2D eigenvalue weighted by Crippen LogP contribution is -2.50. The molecule has 0 heterocycles. The predicted octanol–water partition coefficient (Wildman–Crippen LogP) is 4.02. The van der Waals surface area contributed by atoms with Crippen LogP contribution in [0.15, 0.2) is 0 Å². The Morgan fingerprint density at radius 3 is 2.44 bits per heavy atom. The van der Waals surface area contributed by atoms with Crippen LogP contribution in [0.4, 0.5) is 0 Å². The molecule has 2 aliphatic carbocycles. The van der Waals surface area contributed by atoms with Crippen LogP contribution in [0.25, 0.3) is 0 Å². The molecule has 2 nitrogen and oxygen atoms in total. The number of nitrogens with zero attached hydrogens (tertiary/aromatic N) is 1. The average Bonchev–Trinajstić information content (AvgIpc) is 2.56. The summed E-state index contributed by atoms with van der Waals surface area (Å²) >= 11 is 0. The van der Waals surface area contributed by atoms with Gasteiger partial charge in [0.25, 0.3) is 0 Å². The van der Waals surface area contributed by atoms with Gasteiger partial charge in [-0.3, -0.25) is 0 Å². The van der Waals surface area contributed by atoms with E-state index in [1.165, 1.54) is 51.4 Å². The molecule has 0 radical (unpaired) electrons. The lowest BCUT2D eigenvalue weighted by atomic mass is 9.72. The molecule has 1 N–H and O–H groups in total. The van der Waals surface area contributed by atoms with Crippen molar-refractivity contribution in [2.24, 2.45) is 11.3 Å². The highest BCUT2D eigenvalue weighted by Crippen LogP contribution is 2.36. The minimum absolute atomic E-state index is 0.241. The molecule has 0 spiro atoms. The maximum Gasteiger partial charge on any atom is 0.0672 e. The molecule has 0 amide bonds. The van der Waals surface area contributed by atoms with E-state index < -0.39 is 0 Å². The van der Waals surface area contributed by atoms with Crippen molar-refractivity contribution in [3.05, 3.63) is 0 Å². The van der Waals surface area contributed by atoms with Gasteiger partial charge >= 0.3 is 0 Å². The fourth-order valence-electron chi connectivity index (χ4n) is 3.72. The molecular weight excluding hydrogens is 220 g/mol. The largest absolute Gasteiger partial charge is 0.309 e. The minimum atomic E-state index is 0.241. The molecule has 2 saturated carbocycles. The van der Waals surface area contributed by atoms with Crippen molar-refractivity contribution in [1.29, 1.82) is 5.26 Å². The second-order valence-electron chi connectivity index (χ2n) is 6.93. The fraction of sp³-hybridized carbons (Fsp3) is 0.938. The summed E-state index contributed by atoms with van der Waals surface area (Å²) in [6.45, 7) is 4.78. The molecule has 0 saturated heterocycles. The van der Waals surface area contributed by atoms with Gasteiger partial charge in [-0.05, 0) is 31.1 Å². The fourth-order valence-corrected chi connectivity index (χ4v) is 3.72. The lowest BCUT2D eigenvalue weighted by molar-refractivity contribution is 0.145. The van der Waals surface area contributed by atoms with Crippen molar-refractivity contribution in [3.63, 3.8) is 0 Å². The Kier molecular flexibility index (Phi) is 4.67. The molecule has 0 aromatic carbocycles. The van der Waals surface area contributed by atoms with E-state index in [2.05, 4.69) is 25.2 Å². The Hall–Kier alpha value is -0.550. The van der Waals surface area contributed by atoms with Gasteiger partial charge in [-0.25, -0.2) is 0 Å². The van der Waals surface area contributed by atoms with Crippen LogP contribution in [-0.2, 0) is 0 Å². The van der Waals surface area contributed by atoms with Crippen LogP contribution in [-0.4, -0.2) is 12.1 Å². The van der Waals surface area contributed by atoms with E-state index in [1.54, 1.807) is 0 Å². The first-order chi connectivity index (χ1) is 8.63. The highest BCUT2D eigenvalue weighted by atomic mass is 15.0. The maximum atomic E-state index is 9.36. The second kappa shape index (κ2) is 6.06. The molecule has 2 fully saturated rings. The van der Waals surface area contributed by atoms with E-state index in [1.807, 2.05) is 0 Å². The number of nitrogens with one attached hydrogen (secondary N) is 1. The van der Waals surface area contributed by atoms with Gasteiger partial charge in [0.2, 0.25) is 0 Å². The molecule has 2 aliphatic rings. The summed E-state index contributed by atoms with van der Waals surface area (Å²) in [5.74, 6) is 0.241. The molecule has 2 heteroatoms. The summed E-state index contributed by atoms with van der Waals surface area (Å²) in [6, 6.07) is 3.61. The first kappa shape index (κ1) is 13.9. The second-order valence-corrected chi connectivity index (χ2v) is 6.93. The maximum absolute atomic E-state index is 9.36. The number of nitriles is 1. The highest BCUT2D eigenvalue weighted by molar-refractivity contribution is 4.97. The molecule has 18 heavy (non-hydrogen) atoms. The Labute approximate surface area is 112 Å². The van der Waals surface area contributed by atoms with Gasteiger partial charge in [-0.2, -0.15) is 5.26 Å². The van der Waals surface area contributed by atoms with Crippen molar-refractivity contribution in [1.82, 2.24) is 5.32 Å².